The van der Waals surface area contributed by atoms with Crippen LogP contribution < -0.4 is 0 Å². The van der Waals surface area contributed by atoms with Crippen LogP contribution in [0.15, 0.2) is 0 Å². The Hall–Kier alpha value is 0.190. The summed E-state index contributed by atoms with van der Waals surface area (Å²) in [6.45, 7) is 0. The monoisotopic (exact) mass is 118 g/mol. The molecule has 0 amide bonds. The molecule has 3 heteroatoms. The van der Waals surface area contributed by atoms with Gasteiger partial charge in [0.05, 0.1) is 0 Å². The second-order valence-electron chi connectivity index (χ2n) is 0.644. The lowest BCUT2D eigenvalue weighted by Gasteiger charge is -1.75. The van der Waals surface area contributed by atoms with Crippen LogP contribution in [0.4, 0.5) is 0 Å². The predicted molar refractivity (Wildman–Crippen MR) is 30.5 cm³/mol. The Morgan fingerprint density at radius 2 is 2.50 bits per heavy atom. The highest BCUT2D eigenvalue weighted by atomic mass is 32.2. The van der Waals surface area contributed by atoms with Crippen molar-refractivity contribution in [2.75, 3.05) is 11.5 Å². The zero-order chi connectivity index (χ0) is 4.83. The van der Waals surface area contributed by atoms with E-state index in [4.69, 9.17) is 5.26 Å². The fraction of sp³-hybridized carbons (Fsp3) is 0.667. The zero-order valence-electron chi connectivity index (χ0n) is 3.18. The molecule has 0 rings (SSSR count). The van der Waals surface area contributed by atoms with Crippen molar-refractivity contribution in [1.29, 1.82) is 5.26 Å². The van der Waals surface area contributed by atoms with E-state index in [2.05, 4.69) is 12.6 Å². The largest absolute Gasteiger partial charge is 0.185 e. The molecule has 1 nitrogen and oxygen atoms in total. The van der Waals surface area contributed by atoms with Gasteiger partial charge in [0.25, 0.3) is 0 Å². The maximum Gasteiger partial charge on any atom is 0.133 e. The Balaban J connectivity index is 2.54. The van der Waals surface area contributed by atoms with E-state index in [1.165, 1.54) is 11.8 Å². The maximum atomic E-state index is 7.86. The molecule has 0 aromatic rings. The van der Waals surface area contributed by atoms with Crippen molar-refractivity contribution in [3.63, 3.8) is 0 Å². The highest BCUT2D eigenvalue weighted by Crippen LogP contribution is 1.93. The smallest absolute Gasteiger partial charge is 0.133 e. The molecule has 0 aliphatic heterocycles. The van der Waals surface area contributed by atoms with Crippen molar-refractivity contribution >= 4 is 24.4 Å². The number of nitrogens with zero attached hydrogens (tertiary/aromatic N) is 1. The first-order valence-corrected chi connectivity index (χ1v) is 3.07. The summed E-state index contributed by atoms with van der Waals surface area (Å²) < 4.78 is 0. The summed E-state index contributed by atoms with van der Waals surface area (Å²) in [6.07, 6.45) is 0. The van der Waals surface area contributed by atoms with Crippen molar-refractivity contribution in [3.8, 4) is 5.40 Å². The van der Waals surface area contributed by atoms with Gasteiger partial charge in [-0.25, -0.2) is 0 Å². The van der Waals surface area contributed by atoms with Gasteiger partial charge >= 0.3 is 0 Å². The summed E-state index contributed by atoms with van der Waals surface area (Å²) in [5, 5.41) is 9.78. The highest BCUT2D eigenvalue weighted by Gasteiger charge is 1.76. The second kappa shape index (κ2) is 5.19. The highest BCUT2D eigenvalue weighted by molar-refractivity contribution is 8.04. The van der Waals surface area contributed by atoms with Crippen LogP contribution in [0.1, 0.15) is 0 Å². The average molecular weight is 118 g/mol. The molecule has 33 valence electrons. The minimum absolute atomic E-state index is 0.679. The molecule has 0 unspecified atom stereocenters. The molecule has 0 heterocycles. The fourth-order valence-electron chi connectivity index (χ4n) is 0.0873. The van der Waals surface area contributed by atoms with Gasteiger partial charge in [-0.1, -0.05) is 12.6 Å². The summed E-state index contributed by atoms with van der Waals surface area (Å²) in [4.78, 5) is 0. The first-order chi connectivity index (χ1) is 2.91. The quantitative estimate of drug-likeness (QED) is 0.404. The minimum Gasteiger partial charge on any atom is -0.185 e. The van der Waals surface area contributed by atoms with Gasteiger partial charge in [-0.05, 0) is 11.8 Å². The molecule has 1 radical (unpaired) electrons. The summed E-state index contributed by atoms with van der Waals surface area (Å²) in [6, 6.07) is 0. The number of thiocyanates is 1. The van der Waals surface area contributed by atoms with Crippen molar-refractivity contribution in [3.05, 3.63) is 0 Å². The van der Waals surface area contributed by atoms with Crippen LogP contribution in [0.25, 0.3) is 0 Å². The summed E-state index contributed by atoms with van der Waals surface area (Å²) >= 11 is 5.75. The molecule has 0 saturated carbocycles. The van der Waals surface area contributed by atoms with Gasteiger partial charge in [0, 0.05) is 11.5 Å². The summed E-state index contributed by atoms with van der Waals surface area (Å²) in [7, 11) is 0. The van der Waals surface area contributed by atoms with E-state index in [1.54, 1.807) is 0 Å². The van der Waals surface area contributed by atoms with Gasteiger partial charge in [-0.15, -0.1) is 0 Å². The standard InChI is InChI=1S/C3H4NS2/c4-3-6-2-1-5/h1-2H2. The van der Waals surface area contributed by atoms with Gasteiger partial charge in [0.1, 0.15) is 5.40 Å². The van der Waals surface area contributed by atoms with Crippen molar-refractivity contribution in [1.82, 2.24) is 0 Å². The Morgan fingerprint density at radius 1 is 1.83 bits per heavy atom. The molecule has 0 aromatic carbocycles. The fourth-order valence-corrected chi connectivity index (χ4v) is 0.512. The molecule has 0 spiro atoms. The van der Waals surface area contributed by atoms with Gasteiger partial charge in [0.2, 0.25) is 0 Å². The lowest BCUT2D eigenvalue weighted by Crippen LogP contribution is -1.71. The third kappa shape index (κ3) is 4.19. The number of nitriles is 1. The average Bonchev–Trinajstić information content (AvgIpc) is 1.61. The molecule has 0 bridgehead atoms. The third-order valence-electron chi connectivity index (χ3n) is 0.250. The molecule has 0 aliphatic rings. The molecule has 0 atom stereocenters. The van der Waals surface area contributed by atoms with E-state index in [0.29, 0.717) is 5.75 Å². The molecule has 0 aromatic heterocycles. The number of hydrogen-bond acceptors (Lipinski definition) is 2. The number of rotatable bonds is 2. The van der Waals surface area contributed by atoms with Gasteiger partial charge in [0.15, 0.2) is 0 Å². The van der Waals surface area contributed by atoms with Gasteiger partial charge in [-0.3, -0.25) is 0 Å². The minimum atomic E-state index is 0.679. The Bertz CT molecular complexity index is 56.3. The summed E-state index contributed by atoms with van der Waals surface area (Å²) in [5.74, 6) is 1.46. The van der Waals surface area contributed by atoms with E-state index >= 15 is 0 Å². The Labute approximate surface area is 47.1 Å². The first-order valence-electron chi connectivity index (χ1n) is 1.51. The van der Waals surface area contributed by atoms with Crippen LogP contribution in [-0.4, -0.2) is 11.5 Å². The molecular formula is C3H4NS2. The van der Waals surface area contributed by atoms with Crippen molar-refractivity contribution in [2.24, 2.45) is 0 Å². The molecular weight excluding hydrogens is 114 g/mol. The van der Waals surface area contributed by atoms with Gasteiger partial charge < -0.3 is 0 Å². The third-order valence-corrected chi connectivity index (χ3v) is 1.25. The van der Waals surface area contributed by atoms with Crippen molar-refractivity contribution < 1.29 is 0 Å². The molecule has 0 fully saturated rings. The summed E-state index contributed by atoms with van der Waals surface area (Å²) in [5.41, 5.74) is 0. The molecule has 0 aliphatic carbocycles. The normalized spacial score (nSPS) is 7.33. The van der Waals surface area contributed by atoms with Crippen LogP contribution in [0.5, 0.6) is 0 Å². The van der Waals surface area contributed by atoms with E-state index in [0.717, 1.165) is 5.75 Å². The first kappa shape index (κ1) is 6.19. The Kier molecular flexibility index (Phi) is 5.35. The predicted octanol–water partition coefficient (Wildman–Crippen LogP) is 1.40. The van der Waals surface area contributed by atoms with Crippen LogP contribution >= 0.6 is 24.4 Å². The lowest BCUT2D eigenvalue weighted by molar-refractivity contribution is 1.55. The van der Waals surface area contributed by atoms with Crippen LogP contribution in [0, 0.1) is 10.7 Å². The Morgan fingerprint density at radius 3 is 2.67 bits per heavy atom. The van der Waals surface area contributed by atoms with Gasteiger partial charge in [-0.2, -0.15) is 5.26 Å². The van der Waals surface area contributed by atoms with E-state index < -0.39 is 0 Å². The number of thioether (sulfide) groups is 1. The molecule has 6 heavy (non-hydrogen) atoms. The molecule has 0 saturated heterocycles. The van der Waals surface area contributed by atoms with Crippen LogP contribution in [0.2, 0.25) is 0 Å². The topological polar surface area (TPSA) is 23.8 Å². The van der Waals surface area contributed by atoms with E-state index in [9.17, 15) is 0 Å². The SMILES string of the molecule is N#CSCC[S]. The maximum absolute atomic E-state index is 7.86. The van der Waals surface area contributed by atoms with E-state index in [-0.39, 0.29) is 0 Å². The zero-order valence-corrected chi connectivity index (χ0v) is 4.81. The van der Waals surface area contributed by atoms with E-state index in [1.807, 2.05) is 5.40 Å². The van der Waals surface area contributed by atoms with Crippen molar-refractivity contribution in [2.45, 2.75) is 0 Å². The molecule has 0 N–H and O–H groups in total. The van der Waals surface area contributed by atoms with Crippen LogP contribution in [-0.2, 0) is 0 Å². The lowest BCUT2D eigenvalue weighted by atomic mass is 11.0. The van der Waals surface area contributed by atoms with Crippen LogP contribution in [0.3, 0.4) is 0 Å². The number of hydrogen-bond donors (Lipinski definition) is 0. The second-order valence-corrected chi connectivity index (χ2v) is 1.93.